The third-order valence-electron chi connectivity index (χ3n) is 4.17. The minimum Gasteiger partial charge on any atom is -0.453 e. The normalized spacial score (nSPS) is 10.6. The minimum atomic E-state index is -0.901. The van der Waals surface area contributed by atoms with Crippen molar-refractivity contribution in [1.29, 1.82) is 0 Å². The van der Waals surface area contributed by atoms with E-state index in [4.69, 9.17) is 0 Å². The number of carbonyl (C=O) groups is 3. The number of ether oxygens (including phenoxy) is 1. The fourth-order valence-electron chi connectivity index (χ4n) is 2.62. The van der Waals surface area contributed by atoms with E-state index in [1.54, 1.807) is 26.0 Å². The monoisotopic (exact) mass is 433 g/mol. The van der Waals surface area contributed by atoms with Crippen LogP contribution in [-0.4, -0.2) is 29.9 Å². The van der Waals surface area contributed by atoms with Crippen LogP contribution in [-0.2, 0) is 4.74 Å². The van der Waals surface area contributed by atoms with Crippen LogP contribution in [0.3, 0.4) is 0 Å². The highest BCUT2D eigenvalue weighted by molar-refractivity contribution is 7.21. The van der Waals surface area contributed by atoms with Gasteiger partial charge >= 0.3 is 6.09 Å². The molecule has 150 valence electrons. The molecule has 0 atom stereocenters. The van der Waals surface area contributed by atoms with Crippen LogP contribution in [0.5, 0.6) is 0 Å². The summed E-state index contributed by atoms with van der Waals surface area (Å²) >= 11 is 2.39. The van der Waals surface area contributed by atoms with Gasteiger partial charge in [-0.25, -0.2) is 4.79 Å². The summed E-state index contributed by atoms with van der Waals surface area (Å²) in [5, 5.41) is 16.6. The van der Waals surface area contributed by atoms with Crippen LogP contribution in [0.2, 0.25) is 0 Å². The lowest BCUT2D eigenvalue weighted by Crippen LogP contribution is -2.31. The number of hydrogen-bond acceptors (Lipinski definition) is 8. The van der Waals surface area contributed by atoms with Crippen molar-refractivity contribution in [3.05, 3.63) is 55.3 Å². The standard InChI is InChI=1S/C18H15N3O6S2/c1-8-9(2)28-17(14(8)16(23)20-18(24)27-3)19-15(22)13-7-10-6-11(21(25)26)4-5-12(10)29-13/h4-7H,1-3H3,(H,19,22)(H,20,23,24). The van der Waals surface area contributed by atoms with Crippen molar-refractivity contribution in [2.24, 2.45) is 0 Å². The lowest BCUT2D eigenvalue weighted by molar-refractivity contribution is -0.384. The van der Waals surface area contributed by atoms with Gasteiger partial charge in [0.05, 0.1) is 22.5 Å². The molecule has 0 radical (unpaired) electrons. The van der Waals surface area contributed by atoms with E-state index in [2.05, 4.69) is 15.4 Å². The molecule has 9 nitrogen and oxygen atoms in total. The van der Waals surface area contributed by atoms with Crippen molar-refractivity contribution in [1.82, 2.24) is 5.32 Å². The Morgan fingerprint density at radius 3 is 2.48 bits per heavy atom. The number of hydrogen-bond donors (Lipinski definition) is 2. The molecule has 0 unspecified atom stereocenters. The molecule has 2 N–H and O–H groups in total. The highest BCUT2D eigenvalue weighted by Crippen LogP contribution is 2.34. The van der Waals surface area contributed by atoms with E-state index in [0.29, 0.717) is 20.8 Å². The first-order chi connectivity index (χ1) is 13.7. The zero-order valence-electron chi connectivity index (χ0n) is 15.5. The summed E-state index contributed by atoms with van der Waals surface area (Å²) in [6.07, 6.45) is -0.901. The summed E-state index contributed by atoms with van der Waals surface area (Å²) in [7, 11) is 1.14. The molecule has 0 saturated carbocycles. The van der Waals surface area contributed by atoms with Crippen LogP contribution >= 0.6 is 22.7 Å². The Balaban J connectivity index is 1.90. The van der Waals surface area contributed by atoms with Gasteiger partial charge in [-0.05, 0) is 31.5 Å². The van der Waals surface area contributed by atoms with Gasteiger partial charge in [0.15, 0.2) is 0 Å². The van der Waals surface area contributed by atoms with E-state index < -0.39 is 22.8 Å². The van der Waals surface area contributed by atoms with Crippen molar-refractivity contribution in [2.75, 3.05) is 12.4 Å². The molecule has 3 aromatic rings. The molecule has 29 heavy (non-hydrogen) atoms. The van der Waals surface area contributed by atoms with E-state index >= 15 is 0 Å². The van der Waals surface area contributed by atoms with Crippen LogP contribution in [0.4, 0.5) is 15.5 Å². The lowest BCUT2D eigenvalue weighted by Gasteiger charge is -2.06. The molecular weight excluding hydrogens is 418 g/mol. The quantitative estimate of drug-likeness (QED) is 0.468. The average molecular weight is 433 g/mol. The Morgan fingerprint density at radius 2 is 1.83 bits per heavy atom. The van der Waals surface area contributed by atoms with Crippen molar-refractivity contribution in [3.63, 3.8) is 0 Å². The maximum absolute atomic E-state index is 12.7. The number of methoxy groups -OCH3 is 1. The molecule has 2 heterocycles. The predicted octanol–water partition coefficient (Wildman–Crippen LogP) is 4.24. The van der Waals surface area contributed by atoms with Gasteiger partial charge in [-0.1, -0.05) is 0 Å². The topological polar surface area (TPSA) is 128 Å². The largest absolute Gasteiger partial charge is 0.453 e. The Morgan fingerprint density at radius 1 is 1.10 bits per heavy atom. The molecule has 1 aromatic carbocycles. The summed E-state index contributed by atoms with van der Waals surface area (Å²) in [4.78, 5) is 48.1. The van der Waals surface area contributed by atoms with Crippen molar-refractivity contribution in [2.45, 2.75) is 13.8 Å². The van der Waals surface area contributed by atoms with E-state index in [1.807, 2.05) is 0 Å². The second-order valence-corrected chi connectivity index (χ2v) is 8.29. The number of anilines is 1. The number of aryl methyl sites for hydroxylation is 1. The van der Waals surface area contributed by atoms with Gasteiger partial charge in [0.25, 0.3) is 17.5 Å². The molecule has 3 amide bonds. The Kier molecular flexibility index (Phi) is 5.62. The summed E-state index contributed by atoms with van der Waals surface area (Å²) in [6, 6.07) is 5.92. The van der Waals surface area contributed by atoms with Crippen LogP contribution in [0.25, 0.3) is 10.1 Å². The van der Waals surface area contributed by atoms with E-state index in [1.165, 1.54) is 34.8 Å². The van der Waals surface area contributed by atoms with Gasteiger partial charge in [0, 0.05) is 27.1 Å². The van der Waals surface area contributed by atoms with Crippen LogP contribution in [0.15, 0.2) is 24.3 Å². The van der Waals surface area contributed by atoms with Crippen LogP contribution in [0, 0.1) is 24.0 Å². The zero-order valence-corrected chi connectivity index (χ0v) is 17.2. The summed E-state index contributed by atoms with van der Waals surface area (Å²) in [5.74, 6) is -1.14. The second-order valence-electron chi connectivity index (χ2n) is 5.98. The van der Waals surface area contributed by atoms with Gasteiger partial charge in [-0.2, -0.15) is 0 Å². The molecule has 0 spiro atoms. The summed E-state index contributed by atoms with van der Waals surface area (Å²) < 4.78 is 5.16. The number of carbonyl (C=O) groups excluding carboxylic acids is 3. The second kappa shape index (κ2) is 7.97. The maximum Gasteiger partial charge on any atom is 0.413 e. The number of thiophene rings is 2. The predicted molar refractivity (Wildman–Crippen MR) is 110 cm³/mol. The third-order valence-corrected chi connectivity index (χ3v) is 6.41. The number of nitrogens with zero attached hydrogens (tertiary/aromatic N) is 1. The highest BCUT2D eigenvalue weighted by atomic mass is 32.1. The minimum absolute atomic E-state index is 0.0615. The third kappa shape index (κ3) is 4.10. The molecule has 0 fully saturated rings. The van der Waals surface area contributed by atoms with Crippen molar-refractivity contribution in [3.8, 4) is 0 Å². The van der Waals surface area contributed by atoms with E-state index in [0.717, 1.165) is 16.7 Å². The molecule has 11 heteroatoms. The molecule has 0 aliphatic rings. The number of imide groups is 1. The number of alkyl carbamates (subject to hydrolysis) is 1. The number of rotatable bonds is 4. The smallest absolute Gasteiger partial charge is 0.413 e. The lowest BCUT2D eigenvalue weighted by atomic mass is 10.1. The number of nitrogens with one attached hydrogen (secondary N) is 2. The van der Waals surface area contributed by atoms with Crippen molar-refractivity contribution >= 4 is 61.4 Å². The molecule has 0 aliphatic heterocycles. The Bertz CT molecular complexity index is 1160. The molecular formula is C18H15N3O6S2. The number of non-ortho nitro benzene ring substituents is 1. The van der Waals surface area contributed by atoms with Crippen LogP contribution in [0.1, 0.15) is 30.5 Å². The first-order valence-electron chi connectivity index (χ1n) is 8.20. The van der Waals surface area contributed by atoms with E-state index in [9.17, 15) is 24.5 Å². The number of nitro benzene ring substituents is 1. The fourth-order valence-corrected chi connectivity index (χ4v) is 4.61. The number of benzene rings is 1. The Labute approximate surface area is 172 Å². The molecule has 0 bridgehead atoms. The first-order valence-corrected chi connectivity index (χ1v) is 9.83. The van der Waals surface area contributed by atoms with Gasteiger partial charge < -0.3 is 10.1 Å². The number of amides is 3. The van der Waals surface area contributed by atoms with Crippen LogP contribution < -0.4 is 10.6 Å². The number of fused-ring (bicyclic) bond motifs is 1. The van der Waals surface area contributed by atoms with Crippen molar-refractivity contribution < 1.29 is 24.0 Å². The maximum atomic E-state index is 12.7. The Hall–Kier alpha value is -3.31. The molecule has 0 saturated heterocycles. The summed E-state index contributed by atoms with van der Waals surface area (Å²) in [5.41, 5.74) is 0.759. The van der Waals surface area contributed by atoms with Gasteiger partial charge in [0.1, 0.15) is 5.00 Å². The average Bonchev–Trinajstić information content (AvgIpc) is 3.22. The fraction of sp³-hybridized carbons (Fsp3) is 0.167. The summed E-state index contributed by atoms with van der Waals surface area (Å²) in [6.45, 7) is 3.51. The molecule has 3 rings (SSSR count). The molecule has 2 aromatic heterocycles. The van der Waals surface area contributed by atoms with Gasteiger partial charge in [0.2, 0.25) is 0 Å². The molecule has 0 aliphatic carbocycles. The van der Waals surface area contributed by atoms with E-state index in [-0.39, 0.29) is 11.3 Å². The highest BCUT2D eigenvalue weighted by Gasteiger charge is 2.23. The zero-order chi connectivity index (χ0) is 21.3. The first kappa shape index (κ1) is 20.4. The van der Waals surface area contributed by atoms with Gasteiger partial charge in [-0.15, -0.1) is 22.7 Å². The number of nitro groups is 1. The van der Waals surface area contributed by atoms with Gasteiger partial charge in [-0.3, -0.25) is 25.0 Å². The SMILES string of the molecule is COC(=O)NC(=O)c1c(NC(=O)c2cc3cc([N+](=O)[O-])ccc3s2)sc(C)c1C.